The molecular weight excluding hydrogens is 577 g/mol. The van der Waals surface area contributed by atoms with Gasteiger partial charge in [0.15, 0.2) is 0 Å². The second-order valence-electron chi connectivity index (χ2n) is 10.8. The number of methoxy groups -OCH3 is 1. The number of aromatic nitrogens is 2. The fourth-order valence-corrected chi connectivity index (χ4v) is 6.47. The number of benzene rings is 1. The van der Waals surface area contributed by atoms with Crippen molar-refractivity contribution in [1.82, 2.24) is 24.9 Å². The topological polar surface area (TPSA) is 156 Å². The van der Waals surface area contributed by atoms with Gasteiger partial charge in [-0.1, -0.05) is 12.8 Å². The van der Waals surface area contributed by atoms with Crippen LogP contribution in [-0.4, -0.2) is 85.4 Å². The summed E-state index contributed by atoms with van der Waals surface area (Å²) < 4.78 is 73.0. The van der Waals surface area contributed by atoms with E-state index in [2.05, 4.69) is 25.9 Å². The first-order valence-corrected chi connectivity index (χ1v) is 15.6. The Hall–Kier alpha value is -3.01. The Morgan fingerprint density at radius 3 is 2.62 bits per heavy atom. The monoisotopic (exact) mass is 614 g/mol. The molecule has 4 rings (SSSR count). The summed E-state index contributed by atoms with van der Waals surface area (Å²) in [6.45, 7) is 1.55. The van der Waals surface area contributed by atoms with Crippen LogP contribution in [0.1, 0.15) is 52.9 Å². The van der Waals surface area contributed by atoms with E-state index in [9.17, 15) is 26.4 Å². The number of ether oxygens (including phenoxy) is 1. The second kappa shape index (κ2) is 12.7. The summed E-state index contributed by atoms with van der Waals surface area (Å²) in [7, 11) is -0.463. The SMILES string of the molecule is COc1cc(C(=O)NCCO)c(C)cc1Nc1ncc(C(F)(F)F)c(CC2NC2C2CCCC[C@H]2N(C)S(C)(=O)=O)n1. The number of alkyl halides is 3. The van der Waals surface area contributed by atoms with Crippen LogP contribution in [0.5, 0.6) is 5.75 Å². The molecule has 2 aromatic rings. The summed E-state index contributed by atoms with van der Waals surface area (Å²) in [6.07, 6.45) is 0.558. The molecule has 1 saturated carbocycles. The summed E-state index contributed by atoms with van der Waals surface area (Å²) in [4.78, 5) is 20.6. The van der Waals surface area contributed by atoms with Crippen molar-refractivity contribution in [3.05, 3.63) is 40.7 Å². The first-order chi connectivity index (χ1) is 19.7. The Morgan fingerprint density at radius 2 is 1.98 bits per heavy atom. The van der Waals surface area contributed by atoms with E-state index in [0.717, 1.165) is 31.7 Å². The van der Waals surface area contributed by atoms with Gasteiger partial charge in [-0.3, -0.25) is 4.79 Å². The van der Waals surface area contributed by atoms with Gasteiger partial charge >= 0.3 is 6.18 Å². The molecule has 4 N–H and O–H groups in total. The van der Waals surface area contributed by atoms with Gasteiger partial charge in [-0.15, -0.1) is 0 Å². The fourth-order valence-electron chi connectivity index (χ4n) is 5.72. The molecule has 42 heavy (non-hydrogen) atoms. The zero-order valence-electron chi connectivity index (χ0n) is 24.0. The van der Waals surface area contributed by atoms with Crippen LogP contribution in [-0.2, 0) is 22.6 Å². The van der Waals surface area contributed by atoms with Gasteiger partial charge in [0, 0.05) is 49.9 Å². The molecule has 2 heterocycles. The Balaban J connectivity index is 1.56. The van der Waals surface area contributed by atoms with E-state index in [1.165, 1.54) is 17.5 Å². The average Bonchev–Trinajstić information content (AvgIpc) is 3.69. The molecule has 0 spiro atoms. The molecule has 1 amide bonds. The van der Waals surface area contributed by atoms with Crippen molar-refractivity contribution < 1.29 is 36.2 Å². The fraction of sp³-hybridized carbons (Fsp3) is 0.593. The van der Waals surface area contributed by atoms with Gasteiger partial charge in [0.05, 0.1) is 36.9 Å². The van der Waals surface area contributed by atoms with E-state index in [1.54, 1.807) is 20.0 Å². The highest BCUT2D eigenvalue weighted by molar-refractivity contribution is 7.88. The van der Waals surface area contributed by atoms with E-state index in [-0.39, 0.29) is 61.0 Å². The van der Waals surface area contributed by atoms with Crippen molar-refractivity contribution in [3.63, 3.8) is 0 Å². The predicted molar refractivity (Wildman–Crippen MR) is 150 cm³/mol. The largest absolute Gasteiger partial charge is 0.495 e. The van der Waals surface area contributed by atoms with Crippen molar-refractivity contribution in [3.8, 4) is 5.75 Å². The van der Waals surface area contributed by atoms with Crippen LogP contribution in [0, 0.1) is 12.8 Å². The predicted octanol–water partition coefficient (Wildman–Crippen LogP) is 2.61. The maximum absolute atomic E-state index is 13.9. The lowest BCUT2D eigenvalue weighted by molar-refractivity contribution is -0.138. The summed E-state index contributed by atoms with van der Waals surface area (Å²) in [5, 5.41) is 17.7. The number of hydrogen-bond donors (Lipinski definition) is 4. The standard InChI is InChI=1S/C27H37F3N6O5S/c1-15-11-20(23(41-3)12-17(15)25(38)31-9-10-37)35-26-32-14-18(27(28,29)30)19(34-26)13-21-24(33-21)16-7-5-6-8-22(16)36(2)42(4,39)40/h11-12,14,16,21-22,24,33,37H,5-10,13H2,1-4H3,(H,31,38)(H,32,34,35)/t16?,21?,22-,24?/m1/s1. The van der Waals surface area contributed by atoms with Crippen LogP contribution in [0.2, 0.25) is 0 Å². The highest BCUT2D eigenvalue weighted by Crippen LogP contribution is 2.39. The second-order valence-corrected chi connectivity index (χ2v) is 12.9. The molecule has 0 bridgehead atoms. The maximum atomic E-state index is 13.9. The smallest absolute Gasteiger partial charge is 0.419 e. The summed E-state index contributed by atoms with van der Waals surface area (Å²) >= 11 is 0. The van der Waals surface area contributed by atoms with E-state index >= 15 is 0 Å². The minimum Gasteiger partial charge on any atom is -0.495 e. The number of carbonyl (C=O) groups excluding carboxylic acids is 1. The Kier molecular flexibility index (Phi) is 9.65. The summed E-state index contributed by atoms with van der Waals surface area (Å²) in [5.41, 5.74) is 0.114. The molecule has 15 heteroatoms. The molecule has 0 radical (unpaired) electrons. The third-order valence-corrected chi connectivity index (χ3v) is 9.30. The van der Waals surface area contributed by atoms with Crippen LogP contribution in [0.3, 0.4) is 0 Å². The number of aliphatic hydroxyl groups is 1. The van der Waals surface area contributed by atoms with E-state index < -0.39 is 27.7 Å². The van der Waals surface area contributed by atoms with Crippen LogP contribution in [0.25, 0.3) is 0 Å². The van der Waals surface area contributed by atoms with Gasteiger partial charge in [0.2, 0.25) is 16.0 Å². The highest BCUT2D eigenvalue weighted by atomic mass is 32.2. The number of hydrogen-bond acceptors (Lipinski definition) is 9. The lowest BCUT2D eigenvalue weighted by Gasteiger charge is -2.36. The maximum Gasteiger partial charge on any atom is 0.419 e. The van der Waals surface area contributed by atoms with Gasteiger partial charge in [-0.25, -0.2) is 22.7 Å². The number of sulfonamides is 1. The van der Waals surface area contributed by atoms with Gasteiger partial charge < -0.3 is 25.8 Å². The molecule has 11 nitrogen and oxygen atoms in total. The molecule has 3 unspecified atom stereocenters. The van der Waals surface area contributed by atoms with Gasteiger partial charge in [-0.2, -0.15) is 13.2 Å². The number of nitrogens with zero attached hydrogens (tertiary/aromatic N) is 3. The molecule has 4 atom stereocenters. The zero-order chi connectivity index (χ0) is 30.8. The van der Waals surface area contributed by atoms with Crippen molar-refractivity contribution >= 4 is 27.6 Å². The quantitative estimate of drug-likeness (QED) is 0.280. The molecule has 2 fully saturated rings. The first-order valence-electron chi connectivity index (χ1n) is 13.7. The minimum absolute atomic E-state index is 0.0113. The third kappa shape index (κ3) is 7.30. The van der Waals surface area contributed by atoms with Gasteiger partial charge in [0.25, 0.3) is 5.91 Å². The van der Waals surface area contributed by atoms with Crippen molar-refractivity contribution in [1.29, 1.82) is 0 Å². The molecule has 1 aromatic heterocycles. The first kappa shape index (κ1) is 31.9. The zero-order valence-corrected chi connectivity index (χ0v) is 24.8. The van der Waals surface area contributed by atoms with Crippen LogP contribution in [0.15, 0.2) is 18.3 Å². The van der Waals surface area contributed by atoms with Crippen LogP contribution >= 0.6 is 0 Å². The Morgan fingerprint density at radius 1 is 1.26 bits per heavy atom. The van der Waals surface area contributed by atoms with E-state index in [4.69, 9.17) is 9.84 Å². The minimum atomic E-state index is -4.67. The van der Waals surface area contributed by atoms with Crippen LogP contribution in [0.4, 0.5) is 24.8 Å². The molecule has 1 aliphatic heterocycles. The molecular formula is C27H37F3N6O5S. The van der Waals surface area contributed by atoms with Gasteiger partial charge in [-0.05, 0) is 43.4 Å². The van der Waals surface area contributed by atoms with E-state index in [1.807, 2.05) is 0 Å². The molecule has 2 aliphatic rings. The number of amides is 1. The van der Waals surface area contributed by atoms with Gasteiger partial charge in [0.1, 0.15) is 5.75 Å². The third-order valence-electron chi connectivity index (χ3n) is 7.99. The Bertz CT molecular complexity index is 1410. The molecule has 1 saturated heterocycles. The number of aryl methyl sites for hydroxylation is 1. The normalized spacial score (nSPS) is 22.6. The summed E-state index contributed by atoms with van der Waals surface area (Å²) in [5.74, 6) is -0.244. The average molecular weight is 615 g/mol. The number of rotatable bonds is 11. The number of carbonyl (C=O) groups is 1. The van der Waals surface area contributed by atoms with E-state index in [0.29, 0.717) is 23.2 Å². The number of halogens is 3. The highest BCUT2D eigenvalue weighted by Gasteiger charge is 2.49. The number of nitrogens with one attached hydrogen (secondary N) is 3. The molecule has 232 valence electrons. The number of anilines is 2. The summed E-state index contributed by atoms with van der Waals surface area (Å²) in [6, 6.07) is 2.46. The number of aliphatic hydroxyl groups excluding tert-OH is 1. The van der Waals surface area contributed by atoms with Crippen LogP contribution < -0.4 is 20.7 Å². The lowest BCUT2D eigenvalue weighted by atomic mass is 9.81. The van der Waals surface area contributed by atoms with Crippen molar-refractivity contribution in [2.24, 2.45) is 5.92 Å². The molecule has 1 aliphatic carbocycles. The van der Waals surface area contributed by atoms with Crippen molar-refractivity contribution in [2.45, 2.75) is 63.3 Å². The Labute approximate surface area is 243 Å². The molecule has 1 aromatic carbocycles. The lowest BCUT2D eigenvalue weighted by Crippen LogP contribution is -2.45. The van der Waals surface area contributed by atoms with Crippen molar-refractivity contribution in [2.75, 3.05) is 38.9 Å².